The lowest BCUT2D eigenvalue weighted by Crippen LogP contribution is -2.41. The Bertz CT molecular complexity index is 809. The van der Waals surface area contributed by atoms with Crippen molar-refractivity contribution in [1.82, 2.24) is 15.3 Å². The molecule has 23 heavy (non-hydrogen) atoms. The van der Waals surface area contributed by atoms with Crippen molar-refractivity contribution in [3.8, 4) is 0 Å². The lowest BCUT2D eigenvalue weighted by Gasteiger charge is -2.12. The van der Waals surface area contributed by atoms with Crippen molar-refractivity contribution in [2.24, 2.45) is 5.73 Å². The van der Waals surface area contributed by atoms with Crippen LogP contribution in [0.25, 0.3) is 10.9 Å². The van der Waals surface area contributed by atoms with Crippen molar-refractivity contribution < 1.29 is 4.79 Å². The summed E-state index contributed by atoms with van der Waals surface area (Å²) in [5.41, 5.74) is 14.5. The highest BCUT2D eigenvalue weighted by Gasteiger charge is 2.15. The number of anilines is 1. The number of hydrogen-bond acceptors (Lipinski definition) is 4. The Morgan fingerprint density at radius 2 is 2.09 bits per heavy atom. The lowest BCUT2D eigenvalue weighted by atomic mass is 10.1. The van der Waals surface area contributed by atoms with Gasteiger partial charge in [-0.15, -0.1) is 0 Å². The Balaban J connectivity index is 1.60. The van der Waals surface area contributed by atoms with Crippen molar-refractivity contribution in [1.29, 1.82) is 0 Å². The first kappa shape index (κ1) is 15.1. The number of rotatable bonds is 5. The number of benzene rings is 1. The zero-order chi connectivity index (χ0) is 16.2. The number of fused-ring (bicyclic) bond motifs is 1. The van der Waals surface area contributed by atoms with Gasteiger partial charge in [0.1, 0.15) is 5.82 Å². The summed E-state index contributed by atoms with van der Waals surface area (Å²) in [4.78, 5) is 19.3. The fourth-order valence-corrected chi connectivity index (χ4v) is 2.49. The van der Waals surface area contributed by atoms with E-state index in [0.717, 1.165) is 22.0 Å². The summed E-state index contributed by atoms with van der Waals surface area (Å²) in [6.45, 7) is 0.383. The lowest BCUT2D eigenvalue weighted by molar-refractivity contribution is -0.122. The van der Waals surface area contributed by atoms with Crippen LogP contribution in [0.1, 0.15) is 11.1 Å². The standard InChI is InChI=1S/C17H19N5O/c18-14(7-12-10-20-15-4-2-1-3-13(12)15)17(23)22-9-11-5-6-16(19)21-8-11/h1-6,8,10,14,20H,7,9,18H2,(H2,19,21)(H,22,23)/t14-/m0/s1. The van der Waals surface area contributed by atoms with Crippen LogP contribution in [0.2, 0.25) is 0 Å². The number of carbonyl (C=O) groups excluding carboxylic acids is 1. The van der Waals surface area contributed by atoms with Crippen molar-refractivity contribution in [3.63, 3.8) is 0 Å². The molecule has 1 amide bonds. The van der Waals surface area contributed by atoms with Gasteiger partial charge in [0.15, 0.2) is 0 Å². The molecule has 3 aromatic rings. The Kier molecular flexibility index (Phi) is 4.25. The molecule has 2 aromatic heterocycles. The molecule has 0 spiro atoms. The molecule has 6 N–H and O–H groups in total. The second-order valence-corrected chi connectivity index (χ2v) is 5.48. The molecule has 1 aromatic carbocycles. The largest absolute Gasteiger partial charge is 0.384 e. The summed E-state index contributed by atoms with van der Waals surface area (Å²) >= 11 is 0. The summed E-state index contributed by atoms with van der Waals surface area (Å²) in [6, 6.07) is 10.9. The molecule has 0 unspecified atom stereocenters. The highest BCUT2D eigenvalue weighted by Crippen LogP contribution is 2.18. The van der Waals surface area contributed by atoms with Crippen molar-refractivity contribution in [3.05, 3.63) is 59.9 Å². The van der Waals surface area contributed by atoms with E-state index < -0.39 is 6.04 Å². The first-order valence-corrected chi connectivity index (χ1v) is 7.42. The number of H-pyrrole nitrogens is 1. The number of aromatic amines is 1. The van der Waals surface area contributed by atoms with Gasteiger partial charge in [-0.2, -0.15) is 0 Å². The zero-order valence-electron chi connectivity index (χ0n) is 12.6. The van der Waals surface area contributed by atoms with Gasteiger partial charge >= 0.3 is 0 Å². The average Bonchev–Trinajstić information content (AvgIpc) is 2.97. The maximum Gasteiger partial charge on any atom is 0.237 e. The second-order valence-electron chi connectivity index (χ2n) is 5.48. The van der Waals surface area contributed by atoms with E-state index in [1.54, 1.807) is 12.3 Å². The van der Waals surface area contributed by atoms with Crippen LogP contribution in [-0.4, -0.2) is 21.9 Å². The van der Waals surface area contributed by atoms with E-state index >= 15 is 0 Å². The number of aromatic nitrogens is 2. The molecule has 0 aliphatic rings. The Hall–Kier alpha value is -2.86. The van der Waals surface area contributed by atoms with E-state index in [9.17, 15) is 4.79 Å². The molecular weight excluding hydrogens is 290 g/mol. The van der Waals surface area contributed by atoms with Crippen LogP contribution in [0, 0.1) is 0 Å². The van der Waals surface area contributed by atoms with Crippen LogP contribution in [0.15, 0.2) is 48.8 Å². The molecule has 0 saturated carbocycles. The predicted molar refractivity (Wildman–Crippen MR) is 90.5 cm³/mol. The van der Waals surface area contributed by atoms with Crippen molar-refractivity contribution in [2.45, 2.75) is 19.0 Å². The fourth-order valence-electron chi connectivity index (χ4n) is 2.49. The van der Waals surface area contributed by atoms with Gasteiger partial charge in [0, 0.05) is 29.8 Å². The quantitative estimate of drug-likeness (QED) is 0.570. The van der Waals surface area contributed by atoms with E-state index in [1.807, 2.05) is 36.5 Å². The minimum atomic E-state index is -0.601. The summed E-state index contributed by atoms with van der Waals surface area (Å²) < 4.78 is 0. The van der Waals surface area contributed by atoms with Crippen LogP contribution in [0.3, 0.4) is 0 Å². The maximum atomic E-state index is 12.2. The Morgan fingerprint density at radius 1 is 1.26 bits per heavy atom. The number of nitrogens with two attached hydrogens (primary N) is 2. The normalized spacial score (nSPS) is 12.2. The smallest absolute Gasteiger partial charge is 0.237 e. The van der Waals surface area contributed by atoms with E-state index in [0.29, 0.717) is 18.8 Å². The third-order valence-electron chi connectivity index (χ3n) is 3.77. The van der Waals surface area contributed by atoms with Gasteiger partial charge < -0.3 is 21.8 Å². The van der Waals surface area contributed by atoms with Gasteiger partial charge in [-0.05, 0) is 29.7 Å². The minimum Gasteiger partial charge on any atom is -0.384 e. The van der Waals surface area contributed by atoms with E-state index in [2.05, 4.69) is 15.3 Å². The number of amides is 1. The monoisotopic (exact) mass is 309 g/mol. The van der Waals surface area contributed by atoms with Crippen LogP contribution >= 0.6 is 0 Å². The molecule has 6 heteroatoms. The second kappa shape index (κ2) is 6.50. The van der Waals surface area contributed by atoms with Gasteiger partial charge in [0.2, 0.25) is 5.91 Å². The number of hydrogen-bond donors (Lipinski definition) is 4. The molecule has 0 saturated heterocycles. The van der Waals surface area contributed by atoms with Crippen molar-refractivity contribution >= 4 is 22.6 Å². The molecule has 0 radical (unpaired) electrons. The molecule has 3 rings (SSSR count). The van der Waals surface area contributed by atoms with E-state index in [-0.39, 0.29) is 5.91 Å². The van der Waals surface area contributed by atoms with Gasteiger partial charge in [-0.1, -0.05) is 24.3 Å². The molecule has 0 bridgehead atoms. The molecule has 0 fully saturated rings. The Morgan fingerprint density at radius 3 is 2.87 bits per heavy atom. The van der Waals surface area contributed by atoms with Gasteiger partial charge in [-0.3, -0.25) is 4.79 Å². The first-order valence-electron chi connectivity index (χ1n) is 7.42. The number of nitrogens with zero attached hydrogens (tertiary/aromatic N) is 1. The summed E-state index contributed by atoms with van der Waals surface area (Å²) in [6.07, 6.45) is 4.03. The molecule has 118 valence electrons. The van der Waals surface area contributed by atoms with Gasteiger partial charge in [-0.25, -0.2) is 4.98 Å². The summed E-state index contributed by atoms with van der Waals surface area (Å²) in [7, 11) is 0. The van der Waals surface area contributed by atoms with Crippen LogP contribution in [0.4, 0.5) is 5.82 Å². The molecule has 6 nitrogen and oxygen atoms in total. The maximum absolute atomic E-state index is 12.2. The number of pyridine rings is 1. The summed E-state index contributed by atoms with van der Waals surface area (Å²) in [5.74, 6) is 0.267. The molecule has 2 heterocycles. The molecule has 0 aliphatic heterocycles. The first-order chi connectivity index (χ1) is 11.1. The Labute approximate surface area is 133 Å². The zero-order valence-corrected chi connectivity index (χ0v) is 12.6. The topological polar surface area (TPSA) is 110 Å². The van der Waals surface area contributed by atoms with E-state index in [4.69, 9.17) is 11.5 Å². The van der Waals surface area contributed by atoms with Crippen LogP contribution in [0.5, 0.6) is 0 Å². The fraction of sp³-hybridized carbons (Fsp3) is 0.176. The molecule has 1 atom stereocenters. The highest BCUT2D eigenvalue weighted by atomic mass is 16.2. The van der Waals surface area contributed by atoms with Crippen LogP contribution in [-0.2, 0) is 17.8 Å². The van der Waals surface area contributed by atoms with Gasteiger partial charge in [0.05, 0.1) is 6.04 Å². The highest BCUT2D eigenvalue weighted by molar-refractivity contribution is 5.86. The third-order valence-corrected chi connectivity index (χ3v) is 3.77. The van der Waals surface area contributed by atoms with Gasteiger partial charge in [0.25, 0.3) is 0 Å². The van der Waals surface area contributed by atoms with Crippen molar-refractivity contribution in [2.75, 3.05) is 5.73 Å². The number of nitrogen functional groups attached to an aromatic ring is 1. The third kappa shape index (κ3) is 3.49. The van der Waals surface area contributed by atoms with E-state index in [1.165, 1.54) is 0 Å². The summed E-state index contributed by atoms with van der Waals surface area (Å²) in [5, 5.41) is 3.92. The average molecular weight is 309 g/mol. The SMILES string of the molecule is Nc1ccc(CNC(=O)[C@@H](N)Cc2c[nH]c3ccccc23)cn1. The minimum absolute atomic E-state index is 0.188. The number of carbonyl (C=O) groups is 1. The predicted octanol–water partition coefficient (Wildman–Crippen LogP) is 1.33. The number of para-hydroxylation sites is 1. The molecular formula is C17H19N5O. The van der Waals surface area contributed by atoms with Crippen LogP contribution < -0.4 is 16.8 Å². The molecule has 0 aliphatic carbocycles. The number of nitrogens with one attached hydrogen (secondary N) is 2.